The van der Waals surface area contributed by atoms with Crippen LogP contribution in [-0.2, 0) is 16.0 Å². The summed E-state index contributed by atoms with van der Waals surface area (Å²) in [6.45, 7) is 5.30. The number of H-pyrrole nitrogens is 1. The van der Waals surface area contributed by atoms with E-state index in [1.54, 1.807) is 6.20 Å². The Balaban J connectivity index is 0.000000686. The first-order valence-electron chi connectivity index (χ1n) is 5.77. The van der Waals surface area contributed by atoms with Gasteiger partial charge in [-0.1, -0.05) is 32.0 Å². The molecule has 1 heterocycles. The number of hydrogen-bond donors (Lipinski definition) is 1. The quantitative estimate of drug-likeness (QED) is 0.826. The van der Waals surface area contributed by atoms with Crippen LogP contribution in [0, 0.1) is 0 Å². The largest absolute Gasteiger partial charge is 0.361 e. The van der Waals surface area contributed by atoms with Gasteiger partial charge in [-0.15, -0.1) is 0 Å². The Kier molecular flexibility index (Phi) is 4.64. The zero-order valence-corrected chi connectivity index (χ0v) is 10.4. The van der Waals surface area contributed by atoms with Gasteiger partial charge >= 0.3 is 0 Å². The molecule has 0 bridgehead atoms. The number of aromatic nitrogens is 1. The maximum atomic E-state index is 11.3. The molecule has 90 valence electrons. The van der Waals surface area contributed by atoms with Gasteiger partial charge in [0.2, 0.25) is 5.78 Å². The number of aromatic amines is 1. The van der Waals surface area contributed by atoms with Crippen molar-refractivity contribution in [1.82, 2.24) is 4.98 Å². The molecular formula is C14H17NO2. The highest BCUT2D eigenvalue weighted by molar-refractivity contribution is 6.36. The van der Waals surface area contributed by atoms with E-state index in [4.69, 9.17) is 0 Å². The molecule has 0 spiro atoms. The first-order valence-corrected chi connectivity index (χ1v) is 5.77. The summed E-state index contributed by atoms with van der Waals surface area (Å²) in [6.07, 6.45) is 1.96. The Bertz CT molecular complexity index is 526. The molecule has 1 aromatic carbocycles. The average molecular weight is 231 g/mol. The lowest BCUT2D eigenvalue weighted by Gasteiger charge is -1.95. The molecule has 2 rings (SSSR count). The number of carbonyl (C=O) groups is 2. The lowest BCUT2D eigenvalue weighted by Crippen LogP contribution is -2.11. The second-order valence-corrected chi connectivity index (χ2v) is 3.52. The minimum absolute atomic E-state index is 0.180. The Morgan fingerprint density at radius 3 is 2.47 bits per heavy atom. The fourth-order valence-electron chi connectivity index (χ4n) is 1.58. The SMILES string of the molecule is CC.CC(=O)C(=O)Cc1c[nH]c2ccccc12. The van der Waals surface area contributed by atoms with E-state index in [0.29, 0.717) is 0 Å². The fraction of sp³-hybridized carbons (Fsp3) is 0.286. The molecule has 3 nitrogen and oxygen atoms in total. The molecule has 0 atom stereocenters. The summed E-state index contributed by atoms with van der Waals surface area (Å²) in [4.78, 5) is 25.2. The highest BCUT2D eigenvalue weighted by atomic mass is 16.2. The van der Waals surface area contributed by atoms with E-state index in [1.807, 2.05) is 38.1 Å². The molecule has 0 saturated carbocycles. The van der Waals surface area contributed by atoms with Crippen LogP contribution in [0.25, 0.3) is 10.9 Å². The van der Waals surface area contributed by atoms with E-state index in [-0.39, 0.29) is 18.0 Å². The van der Waals surface area contributed by atoms with Crippen molar-refractivity contribution in [3.05, 3.63) is 36.0 Å². The van der Waals surface area contributed by atoms with E-state index in [1.165, 1.54) is 6.92 Å². The molecule has 0 unspecified atom stereocenters. The molecule has 17 heavy (non-hydrogen) atoms. The topological polar surface area (TPSA) is 49.9 Å². The Hall–Kier alpha value is -1.90. The third-order valence-electron chi connectivity index (χ3n) is 2.42. The normalized spacial score (nSPS) is 9.59. The fourth-order valence-corrected chi connectivity index (χ4v) is 1.58. The van der Waals surface area contributed by atoms with Crippen molar-refractivity contribution in [2.45, 2.75) is 27.2 Å². The lowest BCUT2D eigenvalue weighted by molar-refractivity contribution is -0.134. The summed E-state index contributed by atoms with van der Waals surface area (Å²) in [5, 5.41) is 1.01. The molecule has 1 N–H and O–H groups in total. The number of benzene rings is 1. The van der Waals surface area contributed by atoms with Gasteiger partial charge < -0.3 is 4.98 Å². The number of rotatable bonds is 3. The van der Waals surface area contributed by atoms with Crippen LogP contribution in [0.15, 0.2) is 30.5 Å². The molecule has 1 aromatic heterocycles. The number of para-hydroxylation sites is 1. The first kappa shape index (κ1) is 13.2. The van der Waals surface area contributed by atoms with Gasteiger partial charge in [0.25, 0.3) is 0 Å². The number of fused-ring (bicyclic) bond motifs is 1. The van der Waals surface area contributed by atoms with Crippen LogP contribution in [0.2, 0.25) is 0 Å². The predicted octanol–water partition coefficient (Wildman–Crippen LogP) is 2.89. The Morgan fingerprint density at radius 2 is 1.82 bits per heavy atom. The van der Waals surface area contributed by atoms with Gasteiger partial charge in [0, 0.05) is 30.4 Å². The van der Waals surface area contributed by atoms with Gasteiger partial charge in [-0.05, 0) is 11.6 Å². The van der Waals surface area contributed by atoms with Crippen molar-refractivity contribution < 1.29 is 9.59 Å². The zero-order chi connectivity index (χ0) is 12.8. The average Bonchev–Trinajstić information content (AvgIpc) is 2.75. The molecule has 0 aliphatic carbocycles. The maximum absolute atomic E-state index is 11.3. The standard InChI is InChI=1S/C12H11NO2.C2H6/c1-8(14)12(15)6-9-7-13-11-5-3-2-4-10(9)11;1-2/h2-5,7,13H,6H2,1H3;1-2H3. The Labute approximate surface area is 101 Å². The number of hydrogen-bond acceptors (Lipinski definition) is 2. The summed E-state index contributed by atoms with van der Waals surface area (Å²) in [7, 11) is 0. The van der Waals surface area contributed by atoms with Crippen LogP contribution in [0.5, 0.6) is 0 Å². The van der Waals surface area contributed by atoms with Crippen LogP contribution >= 0.6 is 0 Å². The summed E-state index contributed by atoms with van der Waals surface area (Å²) >= 11 is 0. The van der Waals surface area contributed by atoms with Crippen LogP contribution in [-0.4, -0.2) is 16.6 Å². The van der Waals surface area contributed by atoms with Gasteiger partial charge in [-0.3, -0.25) is 9.59 Å². The molecule has 2 aromatic rings. The number of carbonyl (C=O) groups excluding carboxylic acids is 2. The molecule has 3 heteroatoms. The molecular weight excluding hydrogens is 214 g/mol. The van der Waals surface area contributed by atoms with Crippen LogP contribution in [0.4, 0.5) is 0 Å². The monoisotopic (exact) mass is 231 g/mol. The highest BCUT2D eigenvalue weighted by Crippen LogP contribution is 2.18. The van der Waals surface area contributed by atoms with Crippen LogP contribution in [0.1, 0.15) is 26.3 Å². The van der Waals surface area contributed by atoms with Crippen molar-refractivity contribution in [2.75, 3.05) is 0 Å². The summed E-state index contributed by atoms with van der Waals surface area (Å²) in [5.41, 5.74) is 1.87. The summed E-state index contributed by atoms with van der Waals surface area (Å²) in [6, 6.07) is 7.72. The van der Waals surface area contributed by atoms with E-state index in [0.717, 1.165) is 16.5 Å². The van der Waals surface area contributed by atoms with E-state index in [9.17, 15) is 9.59 Å². The van der Waals surface area contributed by atoms with Gasteiger partial charge in [-0.2, -0.15) is 0 Å². The van der Waals surface area contributed by atoms with Crippen LogP contribution < -0.4 is 0 Å². The van der Waals surface area contributed by atoms with Crippen molar-refractivity contribution in [2.24, 2.45) is 0 Å². The third kappa shape index (κ3) is 3.03. The molecule has 0 saturated heterocycles. The molecule has 0 aliphatic heterocycles. The third-order valence-corrected chi connectivity index (χ3v) is 2.42. The minimum atomic E-state index is -0.389. The van der Waals surface area contributed by atoms with Crippen molar-refractivity contribution in [3.8, 4) is 0 Å². The number of Topliss-reactive ketones (excluding diaryl/α,β-unsaturated/α-hetero) is 2. The molecule has 0 amide bonds. The molecule has 0 fully saturated rings. The predicted molar refractivity (Wildman–Crippen MR) is 69.0 cm³/mol. The molecule has 0 aliphatic rings. The second-order valence-electron chi connectivity index (χ2n) is 3.52. The number of nitrogens with one attached hydrogen (secondary N) is 1. The maximum Gasteiger partial charge on any atom is 0.202 e. The summed E-state index contributed by atoms with van der Waals surface area (Å²) < 4.78 is 0. The van der Waals surface area contributed by atoms with Crippen molar-refractivity contribution in [3.63, 3.8) is 0 Å². The minimum Gasteiger partial charge on any atom is -0.361 e. The highest BCUT2D eigenvalue weighted by Gasteiger charge is 2.11. The van der Waals surface area contributed by atoms with E-state index in [2.05, 4.69) is 4.98 Å². The van der Waals surface area contributed by atoms with Crippen LogP contribution in [0.3, 0.4) is 0 Å². The van der Waals surface area contributed by atoms with Crippen molar-refractivity contribution in [1.29, 1.82) is 0 Å². The smallest absolute Gasteiger partial charge is 0.202 e. The Morgan fingerprint density at radius 1 is 1.18 bits per heavy atom. The van der Waals surface area contributed by atoms with Gasteiger partial charge in [-0.25, -0.2) is 0 Å². The zero-order valence-electron chi connectivity index (χ0n) is 10.4. The second kappa shape index (κ2) is 5.99. The van der Waals surface area contributed by atoms with E-state index < -0.39 is 0 Å². The van der Waals surface area contributed by atoms with Gasteiger partial charge in [0.05, 0.1) is 0 Å². The first-order chi connectivity index (χ1) is 8.18. The van der Waals surface area contributed by atoms with Gasteiger partial charge in [0.1, 0.15) is 0 Å². The lowest BCUT2D eigenvalue weighted by atomic mass is 10.1. The van der Waals surface area contributed by atoms with E-state index >= 15 is 0 Å². The van der Waals surface area contributed by atoms with Crippen molar-refractivity contribution >= 4 is 22.5 Å². The van der Waals surface area contributed by atoms with Gasteiger partial charge in [0.15, 0.2) is 5.78 Å². The molecule has 0 radical (unpaired) electrons. The number of ketones is 2. The summed E-state index contributed by atoms with van der Waals surface area (Å²) in [5.74, 6) is -0.736.